The van der Waals surface area contributed by atoms with Gasteiger partial charge in [-0.15, -0.1) is 0 Å². The number of benzene rings is 1. The summed E-state index contributed by atoms with van der Waals surface area (Å²) >= 11 is 0. The highest BCUT2D eigenvalue weighted by Crippen LogP contribution is 2.77. The molecule has 5 saturated carbocycles. The minimum atomic E-state index is -1.37. The van der Waals surface area contributed by atoms with E-state index >= 15 is 0 Å². The summed E-state index contributed by atoms with van der Waals surface area (Å²) < 4.78 is 23.7. The van der Waals surface area contributed by atoms with Crippen LogP contribution < -0.4 is 4.74 Å². The monoisotopic (exact) mass is 527 g/mol. The summed E-state index contributed by atoms with van der Waals surface area (Å²) in [7, 11) is 5.01. The highest BCUT2D eigenvalue weighted by molar-refractivity contribution is 5.89. The van der Waals surface area contributed by atoms with Crippen molar-refractivity contribution >= 4 is 5.97 Å². The minimum absolute atomic E-state index is 0.0249. The summed E-state index contributed by atoms with van der Waals surface area (Å²) in [5.74, 6) is 0.810. The summed E-state index contributed by atoms with van der Waals surface area (Å²) in [5, 5.41) is 25.1. The number of piperidine rings is 1. The molecule has 1 saturated heterocycles. The van der Waals surface area contributed by atoms with Crippen LogP contribution in [-0.2, 0) is 14.2 Å². The molecule has 12 atom stereocenters. The zero-order chi connectivity index (χ0) is 26.6. The van der Waals surface area contributed by atoms with E-state index in [0.29, 0.717) is 36.0 Å². The lowest BCUT2D eigenvalue weighted by Crippen LogP contribution is -2.75. The van der Waals surface area contributed by atoms with Crippen molar-refractivity contribution in [1.29, 1.82) is 0 Å². The Morgan fingerprint density at radius 2 is 1.71 bits per heavy atom. The minimum Gasteiger partial charge on any atom is -0.497 e. The molecule has 2 N–H and O–H groups in total. The van der Waals surface area contributed by atoms with Crippen molar-refractivity contribution in [2.75, 3.05) is 34.4 Å². The predicted octanol–water partition coefficient (Wildman–Crippen LogP) is 2.50. The number of fused-ring (bicyclic) bond motifs is 2. The number of hydrogen-bond donors (Lipinski definition) is 2. The lowest BCUT2D eigenvalue weighted by Gasteiger charge is -2.67. The van der Waals surface area contributed by atoms with Gasteiger partial charge in [0.25, 0.3) is 0 Å². The zero-order valence-electron chi connectivity index (χ0n) is 22.8. The van der Waals surface area contributed by atoms with Gasteiger partial charge >= 0.3 is 5.97 Å². The highest BCUT2D eigenvalue weighted by Gasteiger charge is 2.84. The quantitative estimate of drug-likeness (QED) is 0.545. The van der Waals surface area contributed by atoms with Crippen LogP contribution in [0.2, 0.25) is 0 Å². The van der Waals surface area contributed by atoms with Gasteiger partial charge in [0, 0.05) is 50.5 Å². The molecule has 0 amide bonds. The van der Waals surface area contributed by atoms with Crippen molar-refractivity contribution in [1.82, 2.24) is 4.90 Å². The standard InChI is InChI=1S/C30H41NO7/c1-5-31-15-17-8-11-22(36-3)30-19(17)12-20(25(30)31)28(33)14-23(37-4)29(34)13-21(30)24(28)26(29)38-27(32)16-6-9-18(35-2)10-7-16/h6-7,9-10,17,19-26,33-34H,5,8,11-15H2,1-4H3/t17-,19+,20-,21+,22-,23-,24+,25?,26+,28-,29-,30-/m0/s1. The number of aliphatic hydroxyl groups is 2. The number of carbonyl (C=O) groups is 1. The molecule has 0 radical (unpaired) electrons. The van der Waals surface area contributed by atoms with Crippen LogP contribution in [0.4, 0.5) is 0 Å². The Labute approximate surface area is 224 Å². The van der Waals surface area contributed by atoms with Crippen LogP contribution >= 0.6 is 0 Å². The fourth-order valence-electron chi connectivity index (χ4n) is 11.0. The van der Waals surface area contributed by atoms with Gasteiger partial charge in [-0.2, -0.15) is 0 Å². The van der Waals surface area contributed by atoms with Gasteiger partial charge in [0.05, 0.1) is 30.5 Å². The Balaban J connectivity index is 1.35. The van der Waals surface area contributed by atoms with Gasteiger partial charge in [0.2, 0.25) is 0 Å². The molecule has 5 aliphatic carbocycles. The molecule has 8 heteroatoms. The zero-order valence-corrected chi connectivity index (χ0v) is 22.8. The number of methoxy groups -OCH3 is 3. The van der Waals surface area contributed by atoms with Crippen LogP contribution in [0.15, 0.2) is 24.3 Å². The molecule has 7 bridgehead atoms. The summed E-state index contributed by atoms with van der Waals surface area (Å²) in [6.45, 7) is 4.23. The van der Waals surface area contributed by atoms with Gasteiger partial charge in [-0.25, -0.2) is 4.79 Å². The Kier molecular flexibility index (Phi) is 5.59. The van der Waals surface area contributed by atoms with E-state index in [-0.39, 0.29) is 35.3 Å². The van der Waals surface area contributed by atoms with Gasteiger partial charge in [-0.1, -0.05) is 6.92 Å². The van der Waals surface area contributed by atoms with Crippen LogP contribution in [0.5, 0.6) is 5.75 Å². The van der Waals surface area contributed by atoms with Crippen molar-refractivity contribution in [3.05, 3.63) is 29.8 Å². The van der Waals surface area contributed by atoms with E-state index in [1.807, 2.05) is 7.11 Å². The van der Waals surface area contributed by atoms with Crippen LogP contribution in [0, 0.1) is 35.0 Å². The number of likely N-dealkylation sites (tertiary alicyclic amines) is 1. The predicted molar refractivity (Wildman–Crippen MR) is 138 cm³/mol. The topological polar surface area (TPSA) is 97.7 Å². The summed E-state index contributed by atoms with van der Waals surface area (Å²) in [4.78, 5) is 16.1. The molecular weight excluding hydrogens is 486 g/mol. The molecule has 1 aromatic carbocycles. The van der Waals surface area contributed by atoms with Gasteiger partial charge < -0.3 is 29.2 Å². The third kappa shape index (κ3) is 2.86. The van der Waals surface area contributed by atoms with E-state index in [1.165, 1.54) is 0 Å². The molecule has 1 aliphatic heterocycles. The van der Waals surface area contributed by atoms with E-state index in [0.717, 1.165) is 32.4 Å². The lowest BCUT2D eigenvalue weighted by atomic mass is 9.46. The van der Waals surface area contributed by atoms with E-state index in [9.17, 15) is 15.0 Å². The van der Waals surface area contributed by atoms with E-state index in [4.69, 9.17) is 18.9 Å². The van der Waals surface area contributed by atoms with Crippen molar-refractivity contribution in [3.63, 3.8) is 0 Å². The number of rotatable bonds is 6. The van der Waals surface area contributed by atoms with Crippen LogP contribution in [0.1, 0.15) is 49.4 Å². The first-order chi connectivity index (χ1) is 18.3. The van der Waals surface area contributed by atoms with E-state index in [2.05, 4.69) is 11.8 Å². The molecule has 1 unspecified atom stereocenters. The maximum atomic E-state index is 13.5. The molecule has 6 fully saturated rings. The number of ether oxygens (including phenoxy) is 4. The first-order valence-electron chi connectivity index (χ1n) is 14.4. The van der Waals surface area contributed by atoms with Crippen LogP contribution in [-0.4, -0.2) is 91.1 Å². The summed E-state index contributed by atoms with van der Waals surface area (Å²) in [6, 6.07) is 7.01. The molecule has 38 heavy (non-hydrogen) atoms. The summed E-state index contributed by atoms with van der Waals surface area (Å²) in [5.41, 5.74) is -2.24. The van der Waals surface area contributed by atoms with Crippen molar-refractivity contribution in [2.24, 2.45) is 35.0 Å². The van der Waals surface area contributed by atoms with Crippen molar-refractivity contribution < 1.29 is 34.0 Å². The maximum Gasteiger partial charge on any atom is 0.338 e. The molecule has 1 heterocycles. The second kappa shape index (κ2) is 8.40. The summed E-state index contributed by atoms with van der Waals surface area (Å²) in [6.07, 6.45) is 2.50. The maximum absolute atomic E-state index is 13.5. The molecule has 8 nitrogen and oxygen atoms in total. The Morgan fingerprint density at radius 3 is 2.37 bits per heavy atom. The van der Waals surface area contributed by atoms with Gasteiger partial charge in [-0.05, 0) is 74.2 Å². The first kappa shape index (κ1) is 25.3. The van der Waals surface area contributed by atoms with Gasteiger partial charge in [-0.3, -0.25) is 4.90 Å². The van der Waals surface area contributed by atoms with E-state index in [1.54, 1.807) is 38.5 Å². The van der Waals surface area contributed by atoms with Crippen molar-refractivity contribution in [3.8, 4) is 5.75 Å². The molecule has 208 valence electrons. The molecule has 1 aromatic rings. The largest absolute Gasteiger partial charge is 0.497 e. The molecular formula is C30H41NO7. The molecule has 6 aliphatic rings. The first-order valence-corrected chi connectivity index (χ1v) is 14.4. The number of carbonyl (C=O) groups excluding carboxylic acids is 1. The lowest BCUT2D eigenvalue weighted by molar-refractivity contribution is -0.271. The number of nitrogens with zero attached hydrogens (tertiary/aromatic N) is 1. The Hall–Kier alpha value is -1.71. The van der Waals surface area contributed by atoms with Crippen LogP contribution in [0.3, 0.4) is 0 Å². The second-order valence-electron chi connectivity index (χ2n) is 12.8. The number of esters is 1. The average molecular weight is 528 g/mol. The third-order valence-electron chi connectivity index (χ3n) is 12.1. The fraction of sp³-hybridized carbons (Fsp3) is 0.767. The second-order valence-corrected chi connectivity index (χ2v) is 12.8. The van der Waals surface area contributed by atoms with Crippen molar-refractivity contribution in [2.45, 2.75) is 74.6 Å². The fourth-order valence-corrected chi connectivity index (χ4v) is 11.0. The van der Waals surface area contributed by atoms with Crippen LogP contribution in [0.25, 0.3) is 0 Å². The average Bonchev–Trinajstić information content (AvgIpc) is 3.31. The molecule has 0 aromatic heterocycles. The van der Waals surface area contributed by atoms with Gasteiger partial charge in [0.15, 0.2) is 0 Å². The molecule has 7 rings (SSSR count). The Morgan fingerprint density at radius 1 is 0.974 bits per heavy atom. The SMILES string of the molecule is CCN1C[C@@H]2CC[C@H](OC)[C@]34C1[C@H](C[C@H]23)[C@@]1(O)C[C@H](OC)[C@@]2(O)C[C@@H]4[C@@H]1[C@H]2OC(=O)c1ccc(OC)cc1. The number of hydrogen-bond acceptors (Lipinski definition) is 8. The Bertz CT molecular complexity index is 1110. The van der Waals surface area contributed by atoms with Gasteiger partial charge in [0.1, 0.15) is 17.5 Å². The highest BCUT2D eigenvalue weighted by atomic mass is 16.6. The normalized spacial score (nSPS) is 50.1. The molecule has 1 spiro atoms. The smallest absolute Gasteiger partial charge is 0.338 e. The third-order valence-corrected chi connectivity index (χ3v) is 12.1. The van der Waals surface area contributed by atoms with E-state index < -0.39 is 29.4 Å².